The smallest absolute Gasteiger partial charge is 0.171 e. The topological polar surface area (TPSA) is 76.0 Å². The highest BCUT2D eigenvalue weighted by Gasteiger charge is 2.86. The molecule has 0 radical (unpaired) electrons. The molecule has 2 saturated heterocycles. The molecule has 10 atom stereocenters. The summed E-state index contributed by atoms with van der Waals surface area (Å²) in [6.07, 6.45) is 0.998. The number of hydrogen-bond donors (Lipinski definition) is 2. The third-order valence-electron chi connectivity index (χ3n) is 8.96. The maximum Gasteiger partial charge on any atom is 0.171 e. The molecule has 6 rings (SSSR count). The van der Waals surface area contributed by atoms with Crippen LogP contribution >= 0.6 is 0 Å². The van der Waals surface area contributed by atoms with Crippen LogP contribution in [0, 0.1) is 34.0 Å². The molecule has 2 N–H and O–H groups in total. The Labute approximate surface area is 147 Å². The van der Waals surface area contributed by atoms with Crippen LogP contribution in [-0.2, 0) is 14.3 Å². The Morgan fingerprint density at radius 2 is 1.96 bits per heavy atom. The second kappa shape index (κ2) is 4.06. The third-order valence-corrected chi connectivity index (χ3v) is 8.96. The van der Waals surface area contributed by atoms with Crippen LogP contribution < -0.4 is 0 Å². The molecule has 4 saturated carbocycles. The minimum absolute atomic E-state index is 0.0303. The maximum absolute atomic E-state index is 13.5. The number of hydrogen-bond acceptors (Lipinski definition) is 5. The van der Waals surface area contributed by atoms with E-state index < -0.39 is 17.6 Å². The van der Waals surface area contributed by atoms with Gasteiger partial charge in [0.05, 0.1) is 29.1 Å². The van der Waals surface area contributed by atoms with Gasteiger partial charge in [-0.2, -0.15) is 0 Å². The summed E-state index contributed by atoms with van der Waals surface area (Å²) in [5.74, 6) is -0.287. The average Bonchev–Trinajstić information content (AvgIpc) is 2.89. The van der Waals surface area contributed by atoms with Crippen LogP contribution in [0.25, 0.3) is 0 Å². The zero-order valence-corrected chi connectivity index (χ0v) is 14.8. The second-order valence-corrected chi connectivity index (χ2v) is 10.1. The molecule has 136 valence electrons. The molecular weight excluding hydrogens is 320 g/mol. The van der Waals surface area contributed by atoms with Crippen LogP contribution in [0.2, 0.25) is 0 Å². The molecule has 6 fully saturated rings. The van der Waals surface area contributed by atoms with E-state index in [4.69, 9.17) is 9.47 Å². The summed E-state index contributed by atoms with van der Waals surface area (Å²) in [6, 6.07) is 0. The lowest BCUT2D eigenvalue weighted by atomic mass is 9.37. The number of fused-ring (bicyclic) bond motifs is 1. The summed E-state index contributed by atoms with van der Waals surface area (Å²) < 4.78 is 12.4. The summed E-state index contributed by atoms with van der Waals surface area (Å²) in [6.45, 7) is 8.42. The minimum atomic E-state index is -1.05. The SMILES string of the molecule is C=C1[C@H]2C[C@@H]3O[C@H]4O[C@@H]5CCC(C)(C)[C@@H]6[C@@H](O)C(=O)[C@@](C2)([C@H]1O)[C@H]3[C@@]456. The van der Waals surface area contributed by atoms with E-state index in [1.54, 1.807) is 0 Å². The van der Waals surface area contributed by atoms with Crippen LogP contribution in [0.15, 0.2) is 12.2 Å². The van der Waals surface area contributed by atoms with Crippen LogP contribution in [0.5, 0.6) is 0 Å². The minimum Gasteiger partial charge on any atom is -0.388 e. The molecule has 2 heterocycles. The summed E-state index contributed by atoms with van der Waals surface area (Å²) in [5, 5.41) is 22.3. The molecule has 5 nitrogen and oxygen atoms in total. The standard InChI is InChI=1S/C20H26O5/c1-8-9-6-10-13-19(7-9,15(8)22)16(23)12(21)14-18(2,3)5-4-11-20(13,14)17(24-10)25-11/h9-15,17,21-22H,1,4-7H2,2-3H3/t9-,10-,11+,12+,13-,14-,15-,17-,19+,20-/m0/s1. The highest BCUT2D eigenvalue weighted by molar-refractivity contribution is 5.93. The third kappa shape index (κ3) is 1.29. The van der Waals surface area contributed by atoms with E-state index in [9.17, 15) is 15.0 Å². The Hall–Kier alpha value is -0.750. The van der Waals surface area contributed by atoms with E-state index in [1.807, 2.05) is 0 Å². The molecule has 0 aromatic heterocycles. The molecule has 0 aromatic rings. The summed E-state index contributed by atoms with van der Waals surface area (Å²) >= 11 is 0. The molecular formula is C20H26O5. The van der Waals surface area contributed by atoms with E-state index in [0.29, 0.717) is 6.42 Å². The first-order chi connectivity index (χ1) is 11.8. The number of rotatable bonds is 0. The number of aliphatic hydroxyl groups excluding tert-OH is 2. The Morgan fingerprint density at radius 3 is 2.72 bits per heavy atom. The van der Waals surface area contributed by atoms with Gasteiger partial charge in [0, 0.05) is 11.8 Å². The van der Waals surface area contributed by atoms with Crippen molar-refractivity contribution < 1.29 is 24.5 Å². The monoisotopic (exact) mass is 346 g/mol. The van der Waals surface area contributed by atoms with Gasteiger partial charge in [-0.25, -0.2) is 0 Å². The van der Waals surface area contributed by atoms with Crippen molar-refractivity contribution >= 4 is 5.78 Å². The highest BCUT2D eigenvalue weighted by atomic mass is 16.7. The van der Waals surface area contributed by atoms with Gasteiger partial charge < -0.3 is 19.7 Å². The first-order valence-electron chi connectivity index (χ1n) is 9.66. The first kappa shape index (κ1) is 15.3. The molecule has 6 aliphatic rings. The first-order valence-corrected chi connectivity index (χ1v) is 9.66. The van der Waals surface area contributed by atoms with Gasteiger partial charge in [0.15, 0.2) is 12.1 Å². The Balaban J connectivity index is 1.63. The van der Waals surface area contributed by atoms with Crippen molar-refractivity contribution in [3.63, 3.8) is 0 Å². The summed E-state index contributed by atoms with van der Waals surface area (Å²) in [7, 11) is 0. The molecule has 5 heteroatoms. The highest BCUT2D eigenvalue weighted by Crippen LogP contribution is 2.78. The fraction of sp³-hybridized carbons (Fsp3) is 0.850. The fourth-order valence-corrected chi connectivity index (χ4v) is 8.22. The molecule has 0 unspecified atom stereocenters. The number of ether oxygens (including phenoxy) is 2. The lowest BCUT2D eigenvalue weighted by Crippen LogP contribution is -2.78. The van der Waals surface area contributed by atoms with Crippen molar-refractivity contribution in [1.82, 2.24) is 0 Å². The van der Waals surface area contributed by atoms with Crippen molar-refractivity contribution in [3.8, 4) is 0 Å². The predicted molar refractivity (Wildman–Crippen MR) is 87.3 cm³/mol. The quantitative estimate of drug-likeness (QED) is 0.649. The fourth-order valence-electron chi connectivity index (χ4n) is 8.22. The average molecular weight is 346 g/mol. The number of aliphatic hydroxyl groups is 2. The van der Waals surface area contributed by atoms with E-state index in [-0.39, 0.29) is 52.9 Å². The molecule has 25 heavy (non-hydrogen) atoms. The van der Waals surface area contributed by atoms with Crippen LogP contribution in [-0.4, -0.2) is 46.7 Å². The van der Waals surface area contributed by atoms with Crippen molar-refractivity contribution in [2.24, 2.45) is 34.0 Å². The Morgan fingerprint density at radius 1 is 1.20 bits per heavy atom. The number of ketones is 1. The van der Waals surface area contributed by atoms with Gasteiger partial charge in [-0.05, 0) is 42.6 Å². The van der Waals surface area contributed by atoms with Crippen molar-refractivity contribution in [3.05, 3.63) is 12.2 Å². The van der Waals surface area contributed by atoms with E-state index in [2.05, 4.69) is 20.4 Å². The molecule has 2 aliphatic heterocycles. The maximum atomic E-state index is 13.5. The van der Waals surface area contributed by atoms with Crippen LogP contribution in [0.3, 0.4) is 0 Å². The van der Waals surface area contributed by atoms with E-state index in [1.165, 1.54) is 0 Å². The van der Waals surface area contributed by atoms with Crippen LogP contribution in [0.4, 0.5) is 0 Å². The summed E-state index contributed by atoms with van der Waals surface area (Å²) in [4.78, 5) is 13.5. The van der Waals surface area contributed by atoms with Gasteiger partial charge >= 0.3 is 0 Å². The molecule has 2 bridgehead atoms. The van der Waals surface area contributed by atoms with Gasteiger partial charge in [-0.1, -0.05) is 20.4 Å². The van der Waals surface area contributed by atoms with E-state index in [0.717, 1.165) is 24.8 Å². The number of carbonyl (C=O) groups excluding carboxylic acids is 1. The van der Waals surface area contributed by atoms with Gasteiger partial charge in [0.1, 0.15) is 6.10 Å². The lowest BCUT2D eigenvalue weighted by Gasteiger charge is -2.70. The second-order valence-electron chi connectivity index (χ2n) is 10.1. The molecule has 2 spiro atoms. The molecule has 4 aliphatic carbocycles. The zero-order chi connectivity index (χ0) is 17.5. The van der Waals surface area contributed by atoms with Crippen LogP contribution in [0.1, 0.15) is 39.5 Å². The lowest BCUT2D eigenvalue weighted by molar-refractivity contribution is -0.382. The largest absolute Gasteiger partial charge is 0.388 e. The van der Waals surface area contributed by atoms with Crippen molar-refractivity contribution in [2.75, 3.05) is 0 Å². The molecule has 0 aromatic carbocycles. The van der Waals surface area contributed by atoms with Gasteiger partial charge in [0.2, 0.25) is 0 Å². The van der Waals surface area contributed by atoms with Crippen molar-refractivity contribution in [1.29, 1.82) is 0 Å². The Kier molecular flexibility index (Phi) is 2.49. The van der Waals surface area contributed by atoms with E-state index >= 15 is 0 Å². The Bertz CT molecular complexity index is 715. The summed E-state index contributed by atoms with van der Waals surface area (Å²) in [5.41, 5.74) is -0.650. The zero-order valence-electron chi connectivity index (χ0n) is 14.8. The number of Topliss-reactive ketones (excluding diaryl/α,β-unsaturated/α-hetero) is 1. The van der Waals surface area contributed by atoms with Gasteiger partial charge in [-0.15, -0.1) is 0 Å². The molecule has 0 amide bonds. The van der Waals surface area contributed by atoms with Gasteiger partial charge in [0.25, 0.3) is 0 Å². The number of carbonyl (C=O) groups is 1. The van der Waals surface area contributed by atoms with Crippen molar-refractivity contribution in [2.45, 2.75) is 70.2 Å². The normalized spacial score (nSPS) is 63.0. The van der Waals surface area contributed by atoms with Gasteiger partial charge in [-0.3, -0.25) is 4.79 Å². The predicted octanol–water partition coefficient (Wildman–Crippen LogP) is 1.42.